The van der Waals surface area contributed by atoms with E-state index in [0.29, 0.717) is 19.1 Å². The lowest BCUT2D eigenvalue weighted by atomic mass is 10.1. The van der Waals surface area contributed by atoms with E-state index in [4.69, 9.17) is 19.9 Å². The van der Waals surface area contributed by atoms with E-state index in [1.54, 1.807) is 7.11 Å². The molecule has 0 aromatic heterocycles. The fourth-order valence-electron chi connectivity index (χ4n) is 2.08. The Labute approximate surface area is 108 Å². The number of hydrogen-bond acceptors (Lipinski definition) is 4. The lowest BCUT2D eigenvalue weighted by molar-refractivity contribution is 0.166. The lowest BCUT2D eigenvalue weighted by Crippen LogP contribution is -2.13. The number of rotatable bonds is 6. The Hall–Kier alpha value is -1.26. The molecule has 100 valence electrons. The smallest absolute Gasteiger partial charge is 0.126 e. The van der Waals surface area contributed by atoms with Crippen molar-refractivity contribution in [2.45, 2.75) is 12.8 Å². The van der Waals surface area contributed by atoms with Gasteiger partial charge in [-0.05, 0) is 31.0 Å². The second kappa shape index (κ2) is 6.61. The van der Waals surface area contributed by atoms with Crippen molar-refractivity contribution >= 4 is 0 Å². The summed E-state index contributed by atoms with van der Waals surface area (Å²) in [5.74, 6) is 2.20. The largest absolute Gasteiger partial charge is 0.497 e. The molecule has 1 fully saturated rings. The molecule has 1 aromatic carbocycles. The van der Waals surface area contributed by atoms with Crippen molar-refractivity contribution in [2.24, 2.45) is 11.7 Å². The molecule has 1 saturated heterocycles. The van der Waals surface area contributed by atoms with Crippen molar-refractivity contribution < 1.29 is 14.2 Å². The first-order chi connectivity index (χ1) is 8.83. The summed E-state index contributed by atoms with van der Waals surface area (Å²) in [6.07, 6.45) is 1.90. The molecule has 0 radical (unpaired) electrons. The Morgan fingerprint density at radius 1 is 1.44 bits per heavy atom. The lowest BCUT2D eigenvalue weighted by Gasteiger charge is -2.15. The molecule has 1 heterocycles. The Kier molecular flexibility index (Phi) is 4.84. The van der Waals surface area contributed by atoms with Crippen LogP contribution in [0.3, 0.4) is 0 Å². The first-order valence-electron chi connectivity index (χ1n) is 6.41. The van der Waals surface area contributed by atoms with Crippen LogP contribution in [-0.2, 0) is 11.2 Å². The molecule has 0 spiro atoms. The fourth-order valence-corrected chi connectivity index (χ4v) is 2.08. The van der Waals surface area contributed by atoms with Crippen molar-refractivity contribution in [3.8, 4) is 11.5 Å². The molecule has 1 aromatic rings. The van der Waals surface area contributed by atoms with Crippen LogP contribution in [-0.4, -0.2) is 33.5 Å². The van der Waals surface area contributed by atoms with Gasteiger partial charge >= 0.3 is 0 Å². The van der Waals surface area contributed by atoms with Crippen LogP contribution in [0.5, 0.6) is 11.5 Å². The maximum absolute atomic E-state index is 5.90. The van der Waals surface area contributed by atoms with Crippen molar-refractivity contribution in [2.75, 3.05) is 33.5 Å². The van der Waals surface area contributed by atoms with Crippen molar-refractivity contribution in [1.82, 2.24) is 0 Å². The molecule has 1 aliphatic heterocycles. The average Bonchev–Trinajstić information content (AvgIpc) is 2.91. The highest BCUT2D eigenvalue weighted by Gasteiger charge is 2.17. The molecule has 2 rings (SSSR count). The molecule has 0 amide bonds. The number of methoxy groups -OCH3 is 1. The second-order valence-electron chi connectivity index (χ2n) is 4.55. The third-order valence-electron chi connectivity index (χ3n) is 3.19. The molecule has 1 unspecified atom stereocenters. The van der Waals surface area contributed by atoms with E-state index in [1.165, 1.54) is 0 Å². The highest BCUT2D eigenvalue weighted by molar-refractivity contribution is 5.41. The summed E-state index contributed by atoms with van der Waals surface area (Å²) in [4.78, 5) is 0. The molecular formula is C14H21NO3. The van der Waals surface area contributed by atoms with E-state index in [0.717, 1.165) is 43.1 Å². The molecule has 4 heteroatoms. The van der Waals surface area contributed by atoms with Gasteiger partial charge in [-0.1, -0.05) is 6.07 Å². The SMILES string of the molecule is COc1ccc(CCN)c(OCC2CCOC2)c1. The van der Waals surface area contributed by atoms with Gasteiger partial charge in [0.15, 0.2) is 0 Å². The van der Waals surface area contributed by atoms with E-state index in [2.05, 4.69) is 0 Å². The maximum atomic E-state index is 5.90. The summed E-state index contributed by atoms with van der Waals surface area (Å²) < 4.78 is 16.5. The molecule has 2 N–H and O–H groups in total. The molecule has 1 atom stereocenters. The van der Waals surface area contributed by atoms with Gasteiger partial charge in [0.2, 0.25) is 0 Å². The Morgan fingerprint density at radius 3 is 3.00 bits per heavy atom. The quantitative estimate of drug-likeness (QED) is 0.834. The highest BCUT2D eigenvalue weighted by Crippen LogP contribution is 2.26. The standard InChI is InChI=1S/C14H21NO3/c1-16-13-3-2-12(4-6-15)14(8-13)18-10-11-5-7-17-9-11/h2-3,8,11H,4-7,9-10,15H2,1H3. The average molecular weight is 251 g/mol. The summed E-state index contributed by atoms with van der Waals surface area (Å²) >= 11 is 0. The third-order valence-corrected chi connectivity index (χ3v) is 3.19. The minimum atomic E-state index is 0.502. The number of ether oxygens (including phenoxy) is 3. The predicted octanol–water partition coefficient (Wildman–Crippen LogP) is 1.61. The summed E-state index contributed by atoms with van der Waals surface area (Å²) in [5.41, 5.74) is 6.75. The monoisotopic (exact) mass is 251 g/mol. The first-order valence-corrected chi connectivity index (χ1v) is 6.41. The molecule has 0 bridgehead atoms. The number of hydrogen-bond donors (Lipinski definition) is 1. The van der Waals surface area contributed by atoms with Crippen LogP contribution in [0.2, 0.25) is 0 Å². The Morgan fingerprint density at radius 2 is 2.33 bits per heavy atom. The first kappa shape index (κ1) is 13.2. The Balaban J connectivity index is 2.02. The maximum Gasteiger partial charge on any atom is 0.126 e. The van der Waals surface area contributed by atoms with Gasteiger partial charge in [-0.15, -0.1) is 0 Å². The summed E-state index contributed by atoms with van der Waals surface area (Å²) in [5, 5.41) is 0. The molecule has 0 aliphatic carbocycles. The van der Waals surface area contributed by atoms with Crippen LogP contribution < -0.4 is 15.2 Å². The molecule has 0 saturated carbocycles. The molecule has 4 nitrogen and oxygen atoms in total. The molecular weight excluding hydrogens is 230 g/mol. The second-order valence-corrected chi connectivity index (χ2v) is 4.55. The normalized spacial score (nSPS) is 18.9. The van der Waals surface area contributed by atoms with Crippen molar-refractivity contribution in [3.05, 3.63) is 23.8 Å². The number of benzene rings is 1. The fraction of sp³-hybridized carbons (Fsp3) is 0.571. The zero-order chi connectivity index (χ0) is 12.8. The van der Waals surface area contributed by atoms with Gasteiger partial charge in [0.05, 0.1) is 20.3 Å². The van der Waals surface area contributed by atoms with Crippen molar-refractivity contribution in [1.29, 1.82) is 0 Å². The third kappa shape index (κ3) is 3.37. The van der Waals surface area contributed by atoms with Gasteiger partial charge in [-0.2, -0.15) is 0 Å². The van der Waals surface area contributed by atoms with Gasteiger partial charge in [0, 0.05) is 18.6 Å². The predicted molar refractivity (Wildman–Crippen MR) is 70.2 cm³/mol. The van der Waals surface area contributed by atoms with Crippen LogP contribution in [0, 0.1) is 5.92 Å². The van der Waals surface area contributed by atoms with Gasteiger partial charge in [-0.3, -0.25) is 0 Å². The minimum absolute atomic E-state index is 0.502. The Bertz CT molecular complexity index is 375. The summed E-state index contributed by atoms with van der Waals surface area (Å²) in [7, 11) is 1.66. The van der Waals surface area contributed by atoms with Crippen LogP contribution in [0.1, 0.15) is 12.0 Å². The highest BCUT2D eigenvalue weighted by atomic mass is 16.5. The van der Waals surface area contributed by atoms with Crippen LogP contribution >= 0.6 is 0 Å². The van der Waals surface area contributed by atoms with Gasteiger partial charge in [-0.25, -0.2) is 0 Å². The summed E-state index contributed by atoms with van der Waals surface area (Å²) in [6.45, 7) is 2.97. The van der Waals surface area contributed by atoms with E-state index in [-0.39, 0.29) is 0 Å². The van der Waals surface area contributed by atoms with Gasteiger partial charge in [0.1, 0.15) is 11.5 Å². The zero-order valence-corrected chi connectivity index (χ0v) is 10.9. The van der Waals surface area contributed by atoms with Gasteiger partial charge in [0.25, 0.3) is 0 Å². The van der Waals surface area contributed by atoms with Gasteiger partial charge < -0.3 is 19.9 Å². The molecule has 1 aliphatic rings. The minimum Gasteiger partial charge on any atom is -0.497 e. The van der Waals surface area contributed by atoms with Crippen LogP contribution in [0.15, 0.2) is 18.2 Å². The van der Waals surface area contributed by atoms with E-state index in [9.17, 15) is 0 Å². The summed E-state index contributed by atoms with van der Waals surface area (Å²) in [6, 6.07) is 5.89. The van der Waals surface area contributed by atoms with Crippen molar-refractivity contribution in [3.63, 3.8) is 0 Å². The van der Waals surface area contributed by atoms with E-state index >= 15 is 0 Å². The van der Waals surface area contributed by atoms with Crippen LogP contribution in [0.25, 0.3) is 0 Å². The molecule has 18 heavy (non-hydrogen) atoms. The van der Waals surface area contributed by atoms with E-state index < -0.39 is 0 Å². The van der Waals surface area contributed by atoms with Crippen LogP contribution in [0.4, 0.5) is 0 Å². The van der Waals surface area contributed by atoms with E-state index in [1.807, 2.05) is 18.2 Å². The number of nitrogens with two attached hydrogens (primary N) is 1. The topological polar surface area (TPSA) is 53.7 Å². The zero-order valence-electron chi connectivity index (χ0n) is 10.9.